The second kappa shape index (κ2) is 7.30. The molecule has 0 radical (unpaired) electrons. The van der Waals surface area contributed by atoms with Gasteiger partial charge in [0, 0.05) is 29.9 Å². The highest BCUT2D eigenvalue weighted by molar-refractivity contribution is 6.00. The maximum Gasteiger partial charge on any atom is 0.257 e. The van der Waals surface area contributed by atoms with Crippen molar-refractivity contribution < 1.29 is 9.32 Å². The Bertz CT molecular complexity index is 872. The van der Waals surface area contributed by atoms with E-state index >= 15 is 0 Å². The average Bonchev–Trinajstić information content (AvgIpc) is 2.99. The van der Waals surface area contributed by atoms with Crippen molar-refractivity contribution in [2.75, 3.05) is 0 Å². The summed E-state index contributed by atoms with van der Waals surface area (Å²) >= 11 is 0. The monoisotopic (exact) mass is 335 g/mol. The zero-order chi connectivity index (χ0) is 17.8. The first-order valence-corrected chi connectivity index (χ1v) is 8.29. The lowest BCUT2D eigenvalue weighted by Gasteiger charge is -2.14. The first kappa shape index (κ1) is 16.9. The summed E-state index contributed by atoms with van der Waals surface area (Å²) in [5.74, 6) is 0.330. The van der Waals surface area contributed by atoms with Crippen LogP contribution in [0, 0.1) is 13.8 Å². The molecule has 1 amide bonds. The molecule has 5 nitrogen and oxygen atoms in total. The van der Waals surface area contributed by atoms with E-state index in [0.717, 1.165) is 16.8 Å². The second-order valence-corrected chi connectivity index (χ2v) is 6.17. The largest absolute Gasteiger partial charge is 0.360 e. The van der Waals surface area contributed by atoms with Crippen molar-refractivity contribution in [3.63, 3.8) is 0 Å². The SMILES string of the molecule is Cc1cccnc1CC(C)NC(=O)c1c(-c2ccccc2)noc1C. The summed E-state index contributed by atoms with van der Waals surface area (Å²) in [4.78, 5) is 17.2. The number of hydrogen-bond donors (Lipinski definition) is 1. The molecule has 0 saturated heterocycles. The van der Waals surface area contributed by atoms with E-state index in [1.807, 2.05) is 56.3 Å². The number of nitrogens with zero attached hydrogens (tertiary/aromatic N) is 2. The van der Waals surface area contributed by atoms with Crippen LogP contribution in [0.5, 0.6) is 0 Å². The third kappa shape index (κ3) is 3.76. The van der Waals surface area contributed by atoms with Gasteiger partial charge in [-0.2, -0.15) is 0 Å². The Morgan fingerprint density at radius 1 is 1.16 bits per heavy atom. The van der Waals surface area contributed by atoms with E-state index in [9.17, 15) is 4.79 Å². The van der Waals surface area contributed by atoms with Gasteiger partial charge in [-0.25, -0.2) is 0 Å². The van der Waals surface area contributed by atoms with Gasteiger partial charge in [-0.05, 0) is 32.4 Å². The van der Waals surface area contributed by atoms with Crippen molar-refractivity contribution in [2.45, 2.75) is 33.2 Å². The molecule has 0 aliphatic rings. The molecule has 2 aromatic heterocycles. The molecule has 0 aliphatic heterocycles. The van der Waals surface area contributed by atoms with Crippen LogP contribution in [0.2, 0.25) is 0 Å². The van der Waals surface area contributed by atoms with Crippen LogP contribution in [0.1, 0.15) is 34.3 Å². The van der Waals surface area contributed by atoms with Gasteiger partial charge in [0.1, 0.15) is 17.0 Å². The predicted molar refractivity (Wildman–Crippen MR) is 96.3 cm³/mol. The lowest BCUT2D eigenvalue weighted by Crippen LogP contribution is -2.34. The molecule has 128 valence electrons. The van der Waals surface area contributed by atoms with Crippen LogP contribution in [-0.2, 0) is 6.42 Å². The number of hydrogen-bond acceptors (Lipinski definition) is 4. The Morgan fingerprint density at radius 3 is 2.64 bits per heavy atom. The standard InChI is InChI=1S/C20H21N3O2/c1-13-8-7-11-21-17(13)12-14(2)22-20(24)18-15(3)25-23-19(18)16-9-5-4-6-10-16/h4-11,14H,12H2,1-3H3,(H,22,24). The number of aromatic nitrogens is 2. The highest BCUT2D eigenvalue weighted by atomic mass is 16.5. The Labute approximate surface area is 147 Å². The summed E-state index contributed by atoms with van der Waals surface area (Å²) < 4.78 is 5.27. The molecular formula is C20H21N3O2. The van der Waals surface area contributed by atoms with Gasteiger partial charge >= 0.3 is 0 Å². The van der Waals surface area contributed by atoms with E-state index in [2.05, 4.69) is 15.5 Å². The number of aryl methyl sites for hydroxylation is 2. The molecule has 25 heavy (non-hydrogen) atoms. The third-order valence-corrected chi connectivity index (χ3v) is 4.13. The maximum atomic E-state index is 12.8. The van der Waals surface area contributed by atoms with Gasteiger partial charge in [0.05, 0.1) is 0 Å². The molecular weight excluding hydrogens is 314 g/mol. The predicted octanol–water partition coefficient (Wildman–Crippen LogP) is 3.71. The van der Waals surface area contributed by atoms with Crippen molar-refractivity contribution in [3.05, 3.63) is 71.2 Å². The molecule has 3 aromatic rings. The minimum absolute atomic E-state index is 0.0565. The van der Waals surface area contributed by atoms with Gasteiger partial charge in [0.2, 0.25) is 0 Å². The van der Waals surface area contributed by atoms with Gasteiger partial charge in [0.15, 0.2) is 0 Å². The number of pyridine rings is 1. The quantitative estimate of drug-likeness (QED) is 0.772. The Balaban J connectivity index is 1.78. The minimum Gasteiger partial charge on any atom is -0.360 e. The molecule has 1 aromatic carbocycles. The molecule has 1 unspecified atom stereocenters. The lowest BCUT2D eigenvalue weighted by atomic mass is 10.0. The van der Waals surface area contributed by atoms with Crippen molar-refractivity contribution in [2.24, 2.45) is 0 Å². The minimum atomic E-state index is -0.182. The second-order valence-electron chi connectivity index (χ2n) is 6.17. The molecule has 0 aliphatic carbocycles. The third-order valence-electron chi connectivity index (χ3n) is 4.13. The number of carbonyl (C=O) groups excluding carboxylic acids is 1. The molecule has 0 spiro atoms. The zero-order valence-corrected chi connectivity index (χ0v) is 14.6. The summed E-state index contributed by atoms with van der Waals surface area (Å²) in [5.41, 5.74) is 4.01. The van der Waals surface area contributed by atoms with Crippen molar-refractivity contribution in [1.29, 1.82) is 0 Å². The summed E-state index contributed by atoms with van der Waals surface area (Å²) in [7, 11) is 0. The van der Waals surface area contributed by atoms with Crippen molar-refractivity contribution >= 4 is 5.91 Å². The maximum absolute atomic E-state index is 12.8. The van der Waals surface area contributed by atoms with Crippen LogP contribution in [0.25, 0.3) is 11.3 Å². The topological polar surface area (TPSA) is 68.0 Å². The van der Waals surface area contributed by atoms with Gasteiger partial charge in [0.25, 0.3) is 5.91 Å². The number of rotatable bonds is 5. The smallest absolute Gasteiger partial charge is 0.257 e. The van der Waals surface area contributed by atoms with Crippen LogP contribution in [0.15, 0.2) is 53.2 Å². The summed E-state index contributed by atoms with van der Waals surface area (Å²) in [6.45, 7) is 5.74. The van der Waals surface area contributed by atoms with Gasteiger partial charge in [-0.3, -0.25) is 9.78 Å². The number of carbonyl (C=O) groups is 1. The normalized spacial score (nSPS) is 12.0. The molecule has 5 heteroatoms. The number of nitrogens with one attached hydrogen (secondary N) is 1. The van der Waals surface area contributed by atoms with Crippen LogP contribution in [0.4, 0.5) is 0 Å². The Hall–Kier alpha value is -2.95. The van der Waals surface area contributed by atoms with E-state index in [4.69, 9.17) is 4.52 Å². The highest BCUT2D eigenvalue weighted by Gasteiger charge is 2.22. The van der Waals surface area contributed by atoms with Crippen molar-refractivity contribution in [3.8, 4) is 11.3 Å². The van der Waals surface area contributed by atoms with Crippen LogP contribution in [-0.4, -0.2) is 22.1 Å². The Morgan fingerprint density at radius 2 is 1.92 bits per heavy atom. The molecule has 2 heterocycles. The fourth-order valence-electron chi connectivity index (χ4n) is 2.80. The van der Waals surface area contributed by atoms with E-state index in [1.165, 1.54) is 0 Å². The van der Waals surface area contributed by atoms with E-state index in [-0.39, 0.29) is 11.9 Å². The molecule has 3 rings (SSSR count). The lowest BCUT2D eigenvalue weighted by molar-refractivity contribution is 0.0939. The highest BCUT2D eigenvalue weighted by Crippen LogP contribution is 2.25. The van der Waals surface area contributed by atoms with Gasteiger partial charge in [-0.15, -0.1) is 0 Å². The van der Waals surface area contributed by atoms with E-state index < -0.39 is 0 Å². The summed E-state index contributed by atoms with van der Waals surface area (Å²) in [5, 5.41) is 7.09. The van der Waals surface area contributed by atoms with Crippen LogP contribution < -0.4 is 5.32 Å². The molecule has 0 fully saturated rings. The molecule has 1 atom stereocenters. The van der Waals surface area contributed by atoms with Crippen molar-refractivity contribution in [1.82, 2.24) is 15.5 Å². The van der Waals surface area contributed by atoms with E-state index in [1.54, 1.807) is 13.1 Å². The van der Waals surface area contributed by atoms with E-state index in [0.29, 0.717) is 23.4 Å². The first-order valence-electron chi connectivity index (χ1n) is 8.29. The van der Waals surface area contributed by atoms with Crippen LogP contribution in [0.3, 0.4) is 0 Å². The molecule has 0 bridgehead atoms. The van der Waals surface area contributed by atoms with Gasteiger partial charge in [-0.1, -0.05) is 41.6 Å². The number of amides is 1. The molecule has 0 saturated carbocycles. The summed E-state index contributed by atoms with van der Waals surface area (Å²) in [6.07, 6.45) is 2.44. The molecule has 1 N–H and O–H groups in total. The summed E-state index contributed by atoms with van der Waals surface area (Å²) in [6, 6.07) is 13.4. The van der Waals surface area contributed by atoms with Crippen LogP contribution >= 0.6 is 0 Å². The average molecular weight is 335 g/mol. The number of benzene rings is 1. The Kier molecular flexibility index (Phi) is 4.93. The first-order chi connectivity index (χ1) is 12.1. The van der Waals surface area contributed by atoms with Gasteiger partial charge < -0.3 is 9.84 Å². The fraction of sp³-hybridized carbons (Fsp3) is 0.250. The fourth-order valence-corrected chi connectivity index (χ4v) is 2.80. The zero-order valence-electron chi connectivity index (χ0n) is 14.6.